The van der Waals surface area contributed by atoms with Crippen LogP contribution in [0.5, 0.6) is 0 Å². The summed E-state index contributed by atoms with van der Waals surface area (Å²) in [6.45, 7) is 8.85. The second-order valence-electron chi connectivity index (χ2n) is 5.79. The molecule has 0 radical (unpaired) electrons. The second-order valence-corrected chi connectivity index (χ2v) is 5.79. The van der Waals surface area contributed by atoms with Gasteiger partial charge in [0.25, 0.3) is 5.91 Å². The predicted molar refractivity (Wildman–Crippen MR) is 69.1 cm³/mol. The predicted octanol–water partition coefficient (Wildman–Crippen LogP) is 1.54. The fourth-order valence-electron chi connectivity index (χ4n) is 1.51. The third kappa shape index (κ3) is 3.11. The monoisotopic (exact) mass is 259 g/mol. The summed E-state index contributed by atoms with van der Waals surface area (Å²) in [5.74, 6) is -0.474. The summed E-state index contributed by atoms with van der Waals surface area (Å²) in [6, 6.07) is 3.97. The van der Waals surface area contributed by atoms with Gasteiger partial charge in [-0.2, -0.15) is 15.6 Å². The van der Waals surface area contributed by atoms with E-state index in [0.717, 1.165) is 0 Å². The zero-order chi connectivity index (χ0) is 14.8. The van der Waals surface area contributed by atoms with Crippen LogP contribution in [0.1, 0.15) is 50.7 Å². The molecule has 1 N–H and O–H groups in total. The van der Waals surface area contributed by atoms with Crippen LogP contribution in [0, 0.1) is 22.7 Å². The first-order valence-corrected chi connectivity index (χ1v) is 5.85. The Morgan fingerprint density at radius 2 is 1.89 bits per heavy atom. The molecule has 0 spiro atoms. The van der Waals surface area contributed by atoms with E-state index in [-0.39, 0.29) is 11.3 Å². The van der Waals surface area contributed by atoms with Crippen molar-refractivity contribution < 1.29 is 4.79 Å². The second kappa shape index (κ2) is 4.74. The Morgan fingerprint density at radius 3 is 2.32 bits per heavy atom. The Hall–Kier alpha value is -2.34. The lowest BCUT2D eigenvalue weighted by Gasteiger charge is -2.20. The summed E-state index contributed by atoms with van der Waals surface area (Å²) in [7, 11) is 0. The average Bonchev–Trinajstić information content (AvgIpc) is 2.71. The fourth-order valence-corrected chi connectivity index (χ4v) is 1.51. The van der Waals surface area contributed by atoms with E-state index in [1.54, 1.807) is 13.8 Å². The minimum absolute atomic E-state index is 0.181. The van der Waals surface area contributed by atoms with E-state index in [0.29, 0.717) is 0 Å². The zero-order valence-corrected chi connectivity index (χ0v) is 11.8. The van der Waals surface area contributed by atoms with Crippen molar-refractivity contribution in [2.45, 2.75) is 45.7 Å². The Bertz CT molecular complexity index is 578. The van der Waals surface area contributed by atoms with Gasteiger partial charge in [-0.25, -0.2) is 4.68 Å². The van der Waals surface area contributed by atoms with Gasteiger partial charge < -0.3 is 5.32 Å². The van der Waals surface area contributed by atoms with Gasteiger partial charge in [-0.05, 0) is 34.6 Å². The van der Waals surface area contributed by atoms with Crippen molar-refractivity contribution in [3.8, 4) is 12.1 Å². The van der Waals surface area contributed by atoms with E-state index < -0.39 is 17.0 Å². The highest BCUT2D eigenvalue weighted by atomic mass is 16.1. The number of nitriles is 2. The SMILES string of the molecule is CC(C)(C#N)NC(=O)c1cnn(C(C)(C)C)c1C#N. The van der Waals surface area contributed by atoms with Crippen molar-refractivity contribution in [1.82, 2.24) is 15.1 Å². The van der Waals surface area contributed by atoms with Crippen LogP contribution in [-0.4, -0.2) is 21.2 Å². The van der Waals surface area contributed by atoms with Gasteiger partial charge in [-0.3, -0.25) is 4.79 Å². The molecule has 1 rings (SSSR count). The van der Waals surface area contributed by atoms with Crippen molar-refractivity contribution in [2.24, 2.45) is 0 Å². The van der Waals surface area contributed by atoms with E-state index in [9.17, 15) is 10.1 Å². The molecule has 6 heteroatoms. The summed E-state index contributed by atoms with van der Waals surface area (Å²) < 4.78 is 1.50. The van der Waals surface area contributed by atoms with Crippen molar-refractivity contribution in [3.63, 3.8) is 0 Å². The number of nitrogens with zero attached hydrogens (tertiary/aromatic N) is 4. The summed E-state index contributed by atoms with van der Waals surface area (Å²) in [6.07, 6.45) is 1.35. The first-order valence-electron chi connectivity index (χ1n) is 5.85. The number of carbonyl (C=O) groups excluding carboxylic acids is 1. The third-order valence-electron chi connectivity index (χ3n) is 2.46. The molecule has 0 aliphatic carbocycles. The summed E-state index contributed by atoms with van der Waals surface area (Å²) in [5.41, 5.74) is -1.01. The summed E-state index contributed by atoms with van der Waals surface area (Å²) in [4.78, 5) is 12.1. The molecule has 1 aromatic rings. The third-order valence-corrected chi connectivity index (χ3v) is 2.46. The number of carbonyl (C=O) groups is 1. The van der Waals surface area contributed by atoms with Gasteiger partial charge in [-0.1, -0.05) is 0 Å². The largest absolute Gasteiger partial charge is 0.334 e. The molecule has 0 aliphatic heterocycles. The molecule has 0 saturated carbocycles. The molecule has 1 aromatic heterocycles. The number of hydrogen-bond donors (Lipinski definition) is 1. The van der Waals surface area contributed by atoms with Gasteiger partial charge in [0.05, 0.1) is 23.4 Å². The van der Waals surface area contributed by atoms with Gasteiger partial charge in [0, 0.05) is 0 Å². The molecular weight excluding hydrogens is 242 g/mol. The topological polar surface area (TPSA) is 94.5 Å². The Balaban J connectivity index is 3.18. The average molecular weight is 259 g/mol. The van der Waals surface area contributed by atoms with Crippen LogP contribution in [0.4, 0.5) is 0 Å². The van der Waals surface area contributed by atoms with Crippen molar-refractivity contribution in [2.75, 3.05) is 0 Å². The van der Waals surface area contributed by atoms with Gasteiger partial charge in [0.1, 0.15) is 11.6 Å². The first kappa shape index (κ1) is 14.7. The molecule has 0 aliphatic rings. The zero-order valence-electron chi connectivity index (χ0n) is 11.8. The number of amides is 1. The van der Waals surface area contributed by atoms with Crippen LogP contribution in [0.3, 0.4) is 0 Å². The quantitative estimate of drug-likeness (QED) is 0.871. The van der Waals surface area contributed by atoms with Crippen LogP contribution >= 0.6 is 0 Å². The lowest BCUT2D eigenvalue weighted by Crippen LogP contribution is -2.42. The maximum absolute atomic E-state index is 12.1. The van der Waals surface area contributed by atoms with E-state index >= 15 is 0 Å². The number of rotatable bonds is 2. The Labute approximate surface area is 112 Å². The smallest absolute Gasteiger partial charge is 0.257 e. The van der Waals surface area contributed by atoms with Crippen LogP contribution in [-0.2, 0) is 5.54 Å². The maximum atomic E-state index is 12.1. The van der Waals surface area contributed by atoms with Gasteiger partial charge in [-0.15, -0.1) is 0 Å². The van der Waals surface area contributed by atoms with Crippen LogP contribution in [0.25, 0.3) is 0 Å². The minimum atomic E-state index is -0.992. The molecule has 1 amide bonds. The molecule has 19 heavy (non-hydrogen) atoms. The molecule has 0 saturated heterocycles. The Kier molecular flexibility index (Phi) is 3.67. The number of nitrogens with one attached hydrogen (secondary N) is 1. The van der Waals surface area contributed by atoms with E-state index in [1.807, 2.05) is 32.9 Å². The maximum Gasteiger partial charge on any atom is 0.257 e. The number of hydrogen-bond acceptors (Lipinski definition) is 4. The highest BCUT2D eigenvalue weighted by Crippen LogP contribution is 2.18. The molecule has 1 heterocycles. The lowest BCUT2D eigenvalue weighted by atomic mass is 10.1. The molecular formula is C13H17N5O. The van der Waals surface area contributed by atoms with Crippen molar-refractivity contribution >= 4 is 5.91 Å². The van der Waals surface area contributed by atoms with Crippen molar-refractivity contribution in [1.29, 1.82) is 10.5 Å². The molecule has 100 valence electrons. The first-order chi connectivity index (χ1) is 8.62. The molecule has 0 aromatic carbocycles. The van der Waals surface area contributed by atoms with Crippen molar-refractivity contribution in [3.05, 3.63) is 17.5 Å². The molecule has 0 atom stereocenters. The van der Waals surface area contributed by atoms with Crippen LogP contribution in [0.2, 0.25) is 0 Å². The standard InChI is InChI=1S/C13H17N5O/c1-12(2,3)18-10(6-14)9(7-16-18)11(19)17-13(4,5)8-15/h7H,1-5H3,(H,17,19). The summed E-state index contributed by atoms with van der Waals surface area (Å²) in [5, 5.41) is 24.7. The minimum Gasteiger partial charge on any atom is -0.334 e. The van der Waals surface area contributed by atoms with E-state index in [1.165, 1.54) is 10.9 Å². The molecule has 0 unspecified atom stereocenters. The molecule has 6 nitrogen and oxygen atoms in total. The van der Waals surface area contributed by atoms with Crippen LogP contribution < -0.4 is 5.32 Å². The normalized spacial score (nSPS) is 11.5. The lowest BCUT2D eigenvalue weighted by molar-refractivity contribution is 0.0929. The Morgan fingerprint density at radius 1 is 1.32 bits per heavy atom. The van der Waals surface area contributed by atoms with Crippen LogP contribution in [0.15, 0.2) is 6.20 Å². The molecule has 0 fully saturated rings. The van der Waals surface area contributed by atoms with Gasteiger partial charge >= 0.3 is 0 Å². The summed E-state index contributed by atoms with van der Waals surface area (Å²) >= 11 is 0. The highest BCUT2D eigenvalue weighted by molar-refractivity contribution is 5.96. The number of aromatic nitrogens is 2. The van der Waals surface area contributed by atoms with Gasteiger partial charge in [0.2, 0.25) is 0 Å². The molecule has 0 bridgehead atoms. The highest BCUT2D eigenvalue weighted by Gasteiger charge is 2.27. The van der Waals surface area contributed by atoms with Gasteiger partial charge in [0.15, 0.2) is 5.69 Å². The fraction of sp³-hybridized carbons (Fsp3) is 0.538. The van der Waals surface area contributed by atoms with E-state index in [2.05, 4.69) is 10.4 Å². The van der Waals surface area contributed by atoms with E-state index in [4.69, 9.17) is 5.26 Å².